The number of carbonyl (C=O) groups excluding carboxylic acids is 2. The first-order chi connectivity index (χ1) is 22.4. The summed E-state index contributed by atoms with van der Waals surface area (Å²) in [6, 6.07) is 12.2. The van der Waals surface area contributed by atoms with E-state index in [-0.39, 0.29) is 47.2 Å². The number of hydrogen-bond acceptors (Lipinski definition) is 8. The number of hydrogen-bond donors (Lipinski definition) is 3. The lowest BCUT2D eigenvalue weighted by atomic mass is 10.0. The highest BCUT2D eigenvalue weighted by Crippen LogP contribution is 2.30. The number of nitrogens with one attached hydrogen (secondary N) is 2. The van der Waals surface area contributed by atoms with Crippen molar-refractivity contribution in [3.63, 3.8) is 0 Å². The molecule has 1 aliphatic heterocycles. The van der Waals surface area contributed by atoms with Crippen LogP contribution in [0.25, 0.3) is 0 Å². The number of ether oxygens (including phenoxy) is 2. The molecule has 0 fully saturated rings. The number of aliphatic hydroxyl groups is 1. The summed E-state index contributed by atoms with van der Waals surface area (Å²) in [4.78, 5) is 30.3. The van der Waals surface area contributed by atoms with Gasteiger partial charge in [-0.3, -0.25) is 9.52 Å². The van der Waals surface area contributed by atoms with Crippen LogP contribution in [-0.2, 0) is 14.8 Å². The molecule has 1 aromatic heterocycles. The summed E-state index contributed by atoms with van der Waals surface area (Å²) in [6.07, 6.45) is 1.49. The molecule has 0 saturated heterocycles. The van der Waals surface area contributed by atoms with Gasteiger partial charge in [0.1, 0.15) is 15.8 Å². The predicted octanol–water partition coefficient (Wildman–Crippen LogP) is 5.65. The van der Waals surface area contributed by atoms with Gasteiger partial charge in [0.15, 0.2) is 0 Å². The molecule has 3 N–H and O–H groups in total. The van der Waals surface area contributed by atoms with Gasteiger partial charge >= 0.3 is 6.03 Å². The lowest BCUT2D eigenvalue weighted by Crippen LogP contribution is -2.48. The fourth-order valence-corrected chi connectivity index (χ4v) is 7.22. The Morgan fingerprint density at radius 2 is 1.87 bits per heavy atom. The minimum absolute atomic E-state index is 0.139. The maximum Gasteiger partial charge on any atom is 0.321 e. The third kappa shape index (κ3) is 9.89. The highest BCUT2D eigenvalue weighted by Gasteiger charge is 2.31. The third-order valence-electron chi connectivity index (χ3n) is 7.96. The van der Waals surface area contributed by atoms with Crippen molar-refractivity contribution in [1.29, 1.82) is 0 Å². The van der Waals surface area contributed by atoms with Crippen LogP contribution < -0.4 is 14.8 Å². The second-order valence-corrected chi connectivity index (χ2v) is 14.7. The molecule has 0 unspecified atom stereocenters. The number of aliphatic hydroxyl groups excluding tert-OH is 1. The first kappa shape index (κ1) is 36.1. The lowest BCUT2D eigenvalue weighted by molar-refractivity contribution is -0.0115. The van der Waals surface area contributed by atoms with E-state index in [1.165, 1.54) is 46.2 Å². The van der Waals surface area contributed by atoms with Crippen LogP contribution in [0.1, 0.15) is 50.4 Å². The molecule has 4 rings (SSSR count). The number of benzene rings is 2. The molecule has 0 saturated carbocycles. The number of rotatable bonds is 8. The van der Waals surface area contributed by atoms with Crippen molar-refractivity contribution >= 4 is 44.7 Å². The van der Waals surface area contributed by atoms with Crippen molar-refractivity contribution in [1.82, 2.24) is 9.80 Å². The highest BCUT2D eigenvalue weighted by atomic mass is 32.2. The Labute approximate surface area is 279 Å². The van der Waals surface area contributed by atoms with Crippen molar-refractivity contribution < 1.29 is 37.0 Å². The van der Waals surface area contributed by atoms with Gasteiger partial charge in [0.2, 0.25) is 0 Å². The maximum absolute atomic E-state index is 14.3. The van der Waals surface area contributed by atoms with Crippen LogP contribution in [0.3, 0.4) is 0 Å². The van der Waals surface area contributed by atoms with Crippen molar-refractivity contribution in [2.75, 3.05) is 43.4 Å². The number of thiophene rings is 1. The smallest absolute Gasteiger partial charge is 0.321 e. The second kappa shape index (κ2) is 16.4. The van der Waals surface area contributed by atoms with Crippen LogP contribution in [0.4, 0.5) is 20.6 Å². The molecular formula is C33H43FN4O7S2. The van der Waals surface area contributed by atoms with Gasteiger partial charge in [0.05, 0.1) is 30.4 Å². The van der Waals surface area contributed by atoms with E-state index in [0.29, 0.717) is 24.5 Å². The molecule has 0 bridgehead atoms. The van der Waals surface area contributed by atoms with Crippen LogP contribution in [0.2, 0.25) is 0 Å². The number of nitrogens with zero attached hydrogens (tertiary/aromatic N) is 2. The van der Waals surface area contributed by atoms with Gasteiger partial charge in [-0.15, -0.1) is 11.3 Å². The lowest BCUT2D eigenvalue weighted by Gasteiger charge is -2.35. The molecule has 11 nitrogen and oxygen atoms in total. The average molecular weight is 691 g/mol. The molecule has 256 valence electrons. The standard InChI is InChI=1S/C33H43FN4O7S2/c1-22-19-38(23(2)21-39)32(40)28-18-27(36-47(42,43)31-9-7-17-46-31)14-15-29(28)45-24(3)8-5-6-16-44-30(22)20-37(4)33(41)35-26-12-10-25(34)11-13-26/h7,9-15,17-18,22-24,30,36,39H,5-6,8,16,19-21H2,1-4H3,(H,35,41)/t22-,23+,24-,30+/m1/s1. The Morgan fingerprint density at radius 3 is 2.55 bits per heavy atom. The quantitative estimate of drug-likeness (QED) is 0.278. The molecule has 2 aromatic carbocycles. The summed E-state index contributed by atoms with van der Waals surface area (Å²) in [5.74, 6) is -0.836. The number of likely N-dealkylation sites (N-methyl/N-ethyl adjacent to an activating group) is 1. The third-order valence-corrected chi connectivity index (χ3v) is 10.7. The Hall–Kier alpha value is -3.72. The van der Waals surface area contributed by atoms with Crippen LogP contribution in [-0.4, -0.2) is 86.9 Å². The SMILES string of the molecule is C[C@@H]1CCCCO[C@@H](CN(C)C(=O)Nc2ccc(F)cc2)[C@H](C)CN([C@@H](C)CO)C(=O)c2cc(NS(=O)(=O)c3cccs3)ccc2O1. The molecule has 0 aliphatic carbocycles. The zero-order chi connectivity index (χ0) is 34.1. The fraction of sp³-hybridized carbons (Fsp3) is 0.455. The average Bonchev–Trinajstić information content (AvgIpc) is 3.60. The number of amides is 3. The summed E-state index contributed by atoms with van der Waals surface area (Å²) in [5.41, 5.74) is 0.799. The Balaban J connectivity index is 1.61. The normalized spacial score (nSPS) is 20.3. The zero-order valence-electron chi connectivity index (χ0n) is 27.0. The topological polar surface area (TPSA) is 138 Å². The first-order valence-electron chi connectivity index (χ1n) is 15.6. The van der Waals surface area contributed by atoms with E-state index in [9.17, 15) is 27.5 Å². The molecule has 3 aromatic rings. The number of halogens is 1. The molecule has 3 amide bonds. The van der Waals surface area contributed by atoms with Crippen LogP contribution >= 0.6 is 11.3 Å². The first-order valence-corrected chi connectivity index (χ1v) is 17.9. The van der Waals surface area contributed by atoms with Gasteiger partial charge in [0, 0.05) is 44.0 Å². The van der Waals surface area contributed by atoms with Gasteiger partial charge in [-0.25, -0.2) is 17.6 Å². The summed E-state index contributed by atoms with van der Waals surface area (Å²) in [7, 11) is -2.24. The Kier molecular flexibility index (Phi) is 12.6. The Morgan fingerprint density at radius 1 is 1.15 bits per heavy atom. The number of anilines is 2. The van der Waals surface area contributed by atoms with E-state index in [2.05, 4.69) is 10.0 Å². The van der Waals surface area contributed by atoms with E-state index in [0.717, 1.165) is 24.2 Å². The zero-order valence-corrected chi connectivity index (χ0v) is 28.7. The van der Waals surface area contributed by atoms with Crippen molar-refractivity contribution in [3.8, 4) is 5.75 Å². The highest BCUT2D eigenvalue weighted by molar-refractivity contribution is 7.94. The second-order valence-electron chi connectivity index (χ2n) is 11.9. The van der Waals surface area contributed by atoms with E-state index >= 15 is 0 Å². The van der Waals surface area contributed by atoms with E-state index in [1.54, 1.807) is 37.6 Å². The minimum atomic E-state index is -3.87. The number of carbonyl (C=O) groups is 2. The molecule has 0 radical (unpaired) electrons. The fourth-order valence-electron chi connectivity index (χ4n) is 5.18. The molecule has 4 atom stereocenters. The summed E-state index contributed by atoms with van der Waals surface area (Å²) < 4.78 is 54.5. The van der Waals surface area contributed by atoms with Gasteiger partial charge in [-0.1, -0.05) is 13.0 Å². The van der Waals surface area contributed by atoms with Gasteiger partial charge in [0.25, 0.3) is 15.9 Å². The molecule has 0 spiro atoms. The number of sulfonamides is 1. The molecule has 14 heteroatoms. The minimum Gasteiger partial charge on any atom is -0.490 e. The van der Waals surface area contributed by atoms with Crippen molar-refractivity contribution in [3.05, 3.63) is 71.4 Å². The van der Waals surface area contributed by atoms with Crippen LogP contribution in [0.5, 0.6) is 5.75 Å². The molecule has 2 heterocycles. The van der Waals surface area contributed by atoms with Crippen molar-refractivity contribution in [2.24, 2.45) is 5.92 Å². The summed E-state index contributed by atoms with van der Waals surface area (Å²) >= 11 is 1.08. The number of fused-ring (bicyclic) bond motifs is 1. The van der Waals surface area contributed by atoms with Crippen LogP contribution in [0, 0.1) is 11.7 Å². The maximum atomic E-state index is 14.3. The van der Waals surface area contributed by atoms with E-state index in [4.69, 9.17) is 9.47 Å². The summed E-state index contributed by atoms with van der Waals surface area (Å²) in [5, 5.41) is 14.6. The summed E-state index contributed by atoms with van der Waals surface area (Å²) in [6.45, 7) is 6.02. The molecule has 1 aliphatic rings. The molecular weight excluding hydrogens is 648 g/mol. The largest absolute Gasteiger partial charge is 0.490 e. The predicted molar refractivity (Wildman–Crippen MR) is 180 cm³/mol. The van der Waals surface area contributed by atoms with Gasteiger partial charge in [-0.05, 0) is 87.0 Å². The molecule has 47 heavy (non-hydrogen) atoms. The Bertz CT molecular complexity index is 1590. The van der Waals surface area contributed by atoms with Gasteiger partial charge in [-0.2, -0.15) is 0 Å². The van der Waals surface area contributed by atoms with Crippen LogP contribution in [0.15, 0.2) is 64.2 Å². The van der Waals surface area contributed by atoms with E-state index in [1.807, 2.05) is 13.8 Å². The monoisotopic (exact) mass is 690 g/mol. The number of urea groups is 1. The van der Waals surface area contributed by atoms with E-state index < -0.39 is 39.9 Å². The van der Waals surface area contributed by atoms with Gasteiger partial charge < -0.3 is 29.7 Å². The van der Waals surface area contributed by atoms with Crippen molar-refractivity contribution in [2.45, 2.75) is 62.5 Å².